The Morgan fingerprint density at radius 1 is 0.949 bits per heavy atom. The number of nitrogens with one attached hydrogen (secondary N) is 1. The molecule has 1 atom stereocenters. The molecule has 1 unspecified atom stereocenters. The van der Waals surface area contributed by atoms with E-state index < -0.39 is 28.5 Å². The molecular weight excluding hydrogens is 578 g/mol. The van der Waals surface area contributed by atoms with E-state index in [9.17, 15) is 18.0 Å². The van der Waals surface area contributed by atoms with Crippen LogP contribution in [0, 0.1) is 6.92 Å². The average molecular weight is 615 g/mol. The molecular formula is C30H36BrN3O4S. The van der Waals surface area contributed by atoms with Gasteiger partial charge in [0.1, 0.15) is 6.04 Å². The summed E-state index contributed by atoms with van der Waals surface area (Å²) in [6.45, 7) is 4.16. The topological polar surface area (TPSA) is 86.8 Å². The third-order valence-electron chi connectivity index (χ3n) is 6.43. The van der Waals surface area contributed by atoms with E-state index in [0.29, 0.717) is 13.0 Å². The van der Waals surface area contributed by atoms with E-state index in [-0.39, 0.29) is 17.3 Å². The van der Waals surface area contributed by atoms with E-state index in [1.807, 2.05) is 68.4 Å². The van der Waals surface area contributed by atoms with Crippen molar-refractivity contribution in [3.8, 4) is 0 Å². The number of carbonyl (C=O) groups excluding carboxylic acids is 2. The maximum Gasteiger partial charge on any atom is 0.243 e. The van der Waals surface area contributed by atoms with Crippen molar-refractivity contribution >= 4 is 37.8 Å². The van der Waals surface area contributed by atoms with Gasteiger partial charge in [-0.2, -0.15) is 4.31 Å². The van der Waals surface area contributed by atoms with Crippen molar-refractivity contribution < 1.29 is 18.0 Å². The van der Waals surface area contributed by atoms with E-state index in [0.717, 1.165) is 38.3 Å². The molecule has 3 rings (SSSR count). The molecule has 2 amide bonds. The fraction of sp³-hybridized carbons (Fsp3) is 0.333. The van der Waals surface area contributed by atoms with Crippen LogP contribution in [-0.2, 0) is 32.6 Å². The Morgan fingerprint density at radius 3 is 2.26 bits per heavy atom. The van der Waals surface area contributed by atoms with Gasteiger partial charge in [-0.15, -0.1) is 0 Å². The minimum atomic E-state index is -3.91. The van der Waals surface area contributed by atoms with Crippen molar-refractivity contribution in [1.29, 1.82) is 0 Å². The molecule has 0 aliphatic heterocycles. The number of aryl methyl sites for hydroxylation is 1. The predicted octanol–water partition coefficient (Wildman–Crippen LogP) is 4.93. The number of amides is 2. The van der Waals surface area contributed by atoms with E-state index in [2.05, 4.69) is 21.2 Å². The number of rotatable bonds is 13. The van der Waals surface area contributed by atoms with Crippen LogP contribution in [0.3, 0.4) is 0 Å². The Labute approximate surface area is 240 Å². The number of unbranched alkanes of at least 4 members (excludes halogenated alkanes) is 1. The highest BCUT2D eigenvalue weighted by atomic mass is 79.9. The van der Waals surface area contributed by atoms with Gasteiger partial charge < -0.3 is 10.2 Å². The smallest absolute Gasteiger partial charge is 0.243 e. The minimum absolute atomic E-state index is 0.111. The first-order valence-electron chi connectivity index (χ1n) is 13.0. The Balaban J connectivity index is 1.95. The molecule has 0 heterocycles. The number of hydrogen-bond acceptors (Lipinski definition) is 4. The van der Waals surface area contributed by atoms with Crippen LogP contribution < -0.4 is 5.32 Å². The molecule has 0 aromatic heterocycles. The van der Waals surface area contributed by atoms with Gasteiger partial charge in [-0.05, 0) is 48.7 Å². The Kier molecular flexibility index (Phi) is 11.3. The van der Waals surface area contributed by atoms with Gasteiger partial charge in [0.15, 0.2) is 0 Å². The number of benzene rings is 3. The lowest BCUT2D eigenvalue weighted by molar-refractivity contribution is -0.141. The normalized spacial score (nSPS) is 12.2. The van der Waals surface area contributed by atoms with Gasteiger partial charge in [0.05, 0.1) is 11.4 Å². The van der Waals surface area contributed by atoms with Crippen molar-refractivity contribution in [3.05, 3.63) is 100 Å². The largest absolute Gasteiger partial charge is 0.354 e. The summed E-state index contributed by atoms with van der Waals surface area (Å²) in [5.41, 5.74) is 2.66. The van der Waals surface area contributed by atoms with Crippen LogP contribution in [-0.4, -0.2) is 55.6 Å². The zero-order valence-corrected chi connectivity index (χ0v) is 25.0. The fourth-order valence-corrected chi connectivity index (χ4v) is 5.72. The molecule has 9 heteroatoms. The van der Waals surface area contributed by atoms with Crippen LogP contribution in [0.15, 0.2) is 88.2 Å². The summed E-state index contributed by atoms with van der Waals surface area (Å²) in [7, 11) is -2.52. The molecule has 0 bridgehead atoms. The van der Waals surface area contributed by atoms with Crippen molar-refractivity contribution in [2.45, 2.75) is 50.6 Å². The molecule has 208 valence electrons. The molecule has 7 nitrogen and oxygen atoms in total. The second-order valence-electron chi connectivity index (χ2n) is 9.58. The summed E-state index contributed by atoms with van der Waals surface area (Å²) in [6, 6.07) is 22.7. The Hall–Kier alpha value is -3.01. The van der Waals surface area contributed by atoms with Crippen LogP contribution in [0.1, 0.15) is 36.5 Å². The van der Waals surface area contributed by atoms with Crippen LogP contribution in [0.4, 0.5) is 0 Å². The maximum absolute atomic E-state index is 13.9. The monoisotopic (exact) mass is 613 g/mol. The van der Waals surface area contributed by atoms with Crippen molar-refractivity contribution in [2.75, 3.05) is 20.1 Å². The first kappa shape index (κ1) is 30.5. The van der Waals surface area contributed by atoms with Gasteiger partial charge in [-0.1, -0.05) is 89.4 Å². The number of halogens is 1. The van der Waals surface area contributed by atoms with Gasteiger partial charge in [0.25, 0.3) is 0 Å². The second-order valence-corrected chi connectivity index (χ2v) is 12.5. The zero-order valence-electron chi connectivity index (χ0n) is 22.6. The van der Waals surface area contributed by atoms with Crippen molar-refractivity contribution in [1.82, 2.24) is 14.5 Å². The summed E-state index contributed by atoms with van der Waals surface area (Å²) in [6.07, 6.45) is 2.04. The van der Waals surface area contributed by atoms with Crippen LogP contribution >= 0.6 is 15.9 Å². The number of carbonyl (C=O) groups is 2. The van der Waals surface area contributed by atoms with Gasteiger partial charge in [0, 0.05) is 31.0 Å². The summed E-state index contributed by atoms with van der Waals surface area (Å²) < 4.78 is 28.4. The van der Waals surface area contributed by atoms with E-state index in [1.165, 1.54) is 24.1 Å². The first-order chi connectivity index (χ1) is 18.6. The standard InChI is InChI=1S/C30H36BrN3O4S/c1-4-5-18-32-30(36)28(20-24-10-7-6-8-11-24)34(21-25-12-9-13-26(31)19-25)29(35)22-33(3)39(37,38)27-16-14-23(2)15-17-27/h6-17,19,28H,4-5,18,20-22H2,1-3H3,(H,32,36). The molecule has 3 aromatic carbocycles. The summed E-state index contributed by atoms with van der Waals surface area (Å²) in [4.78, 5) is 29.0. The van der Waals surface area contributed by atoms with Gasteiger partial charge in [0.2, 0.25) is 21.8 Å². The lowest BCUT2D eigenvalue weighted by Gasteiger charge is -2.32. The number of nitrogens with zero attached hydrogens (tertiary/aromatic N) is 2. The summed E-state index contributed by atoms with van der Waals surface area (Å²) >= 11 is 3.48. The van der Waals surface area contributed by atoms with Crippen LogP contribution in [0.25, 0.3) is 0 Å². The highest BCUT2D eigenvalue weighted by molar-refractivity contribution is 9.10. The molecule has 39 heavy (non-hydrogen) atoms. The van der Waals surface area contributed by atoms with Crippen molar-refractivity contribution in [3.63, 3.8) is 0 Å². The zero-order chi connectivity index (χ0) is 28.4. The first-order valence-corrected chi connectivity index (χ1v) is 15.2. The molecule has 3 aromatic rings. The molecule has 0 saturated heterocycles. The number of likely N-dealkylation sites (N-methyl/N-ethyl adjacent to an activating group) is 1. The van der Waals surface area contributed by atoms with Crippen LogP contribution in [0.5, 0.6) is 0 Å². The van der Waals surface area contributed by atoms with Crippen molar-refractivity contribution in [2.24, 2.45) is 0 Å². The van der Waals surface area contributed by atoms with E-state index in [1.54, 1.807) is 12.1 Å². The molecule has 0 radical (unpaired) electrons. The highest BCUT2D eigenvalue weighted by Crippen LogP contribution is 2.20. The number of sulfonamides is 1. The quantitative estimate of drug-likeness (QED) is 0.277. The number of hydrogen-bond donors (Lipinski definition) is 1. The van der Waals surface area contributed by atoms with Crippen LogP contribution in [0.2, 0.25) is 0 Å². The minimum Gasteiger partial charge on any atom is -0.354 e. The lowest BCUT2D eigenvalue weighted by Crippen LogP contribution is -2.53. The molecule has 0 spiro atoms. The van der Waals surface area contributed by atoms with Gasteiger partial charge in [-0.25, -0.2) is 8.42 Å². The average Bonchev–Trinajstić information content (AvgIpc) is 2.91. The summed E-state index contributed by atoms with van der Waals surface area (Å²) in [5, 5.41) is 2.98. The maximum atomic E-state index is 13.9. The molecule has 1 N–H and O–H groups in total. The van der Waals surface area contributed by atoms with Gasteiger partial charge in [-0.3, -0.25) is 9.59 Å². The fourth-order valence-electron chi connectivity index (χ4n) is 4.15. The predicted molar refractivity (Wildman–Crippen MR) is 158 cm³/mol. The van der Waals surface area contributed by atoms with Gasteiger partial charge >= 0.3 is 0 Å². The molecule has 0 fully saturated rings. The van der Waals surface area contributed by atoms with E-state index in [4.69, 9.17) is 0 Å². The third-order valence-corrected chi connectivity index (χ3v) is 8.74. The lowest BCUT2D eigenvalue weighted by atomic mass is 10.0. The SMILES string of the molecule is CCCCNC(=O)C(Cc1ccccc1)N(Cc1cccc(Br)c1)C(=O)CN(C)S(=O)(=O)c1ccc(C)cc1. The molecule has 0 aliphatic rings. The second kappa shape index (κ2) is 14.4. The molecule has 0 aliphatic carbocycles. The third kappa shape index (κ3) is 8.74. The van der Waals surface area contributed by atoms with E-state index >= 15 is 0 Å². The summed E-state index contributed by atoms with van der Waals surface area (Å²) in [5.74, 6) is -0.723. The molecule has 0 saturated carbocycles. The highest BCUT2D eigenvalue weighted by Gasteiger charge is 2.33. The Bertz CT molecular complexity index is 1350. The Morgan fingerprint density at radius 2 is 1.62 bits per heavy atom.